The third-order valence-corrected chi connectivity index (χ3v) is 4.47. The first-order valence-corrected chi connectivity index (χ1v) is 10.3. The summed E-state index contributed by atoms with van der Waals surface area (Å²) in [5, 5.41) is 0. The molecule has 2 aromatic carbocycles. The molecule has 31 heavy (non-hydrogen) atoms. The lowest BCUT2D eigenvalue weighted by molar-refractivity contribution is 0.147. The SMILES string of the molecule is COCCOc1cccc(N)c1N.COCCOc1cccc2[nH]c(C(Cl)(Cl)Cl)nc12. The average Bonchev–Trinajstić information content (AvgIpc) is 3.18. The Morgan fingerprint density at radius 1 is 0.871 bits per heavy atom. The zero-order valence-corrected chi connectivity index (χ0v) is 19.4. The Hall–Kier alpha value is -2.10. The van der Waals surface area contributed by atoms with E-state index in [0.29, 0.717) is 54.8 Å². The van der Waals surface area contributed by atoms with E-state index in [0.717, 1.165) is 5.52 Å². The molecular weight excluding hydrogens is 467 g/mol. The topological polar surface area (TPSA) is 118 Å². The van der Waals surface area contributed by atoms with Crippen molar-refractivity contribution in [2.75, 3.05) is 52.1 Å². The van der Waals surface area contributed by atoms with Crippen molar-refractivity contribution in [1.29, 1.82) is 0 Å². The zero-order valence-electron chi connectivity index (χ0n) is 17.2. The van der Waals surface area contributed by atoms with Crippen molar-refractivity contribution < 1.29 is 18.9 Å². The second-order valence-corrected chi connectivity index (χ2v) is 8.46. The maximum Gasteiger partial charge on any atom is 0.248 e. The number of methoxy groups -OCH3 is 2. The standard InChI is InChI=1S/C11H11Cl3N2O2.C9H14N2O2/c1-17-5-6-18-8-4-2-3-7-9(8)16-10(15-7)11(12,13)14;1-12-5-6-13-8-4-2-3-7(10)9(8)11/h2-4H,5-6H2,1H3,(H,15,16);2-4H,5-6,10-11H2,1H3. The molecule has 8 nitrogen and oxygen atoms in total. The summed E-state index contributed by atoms with van der Waals surface area (Å²) in [5.74, 6) is 1.50. The summed E-state index contributed by atoms with van der Waals surface area (Å²) >= 11 is 17.4. The van der Waals surface area contributed by atoms with Crippen molar-refractivity contribution in [3.63, 3.8) is 0 Å². The molecule has 0 fully saturated rings. The lowest BCUT2D eigenvalue weighted by Gasteiger charge is -2.09. The lowest BCUT2D eigenvalue weighted by atomic mass is 10.2. The molecule has 0 unspecified atom stereocenters. The molecule has 0 aliphatic carbocycles. The highest BCUT2D eigenvalue weighted by Crippen LogP contribution is 2.38. The van der Waals surface area contributed by atoms with E-state index >= 15 is 0 Å². The predicted octanol–water partition coefficient (Wildman–Crippen LogP) is 4.29. The van der Waals surface area contributed by atoms with Gasteiger partial charge >= 0.3 is 0 Å². The van der Waals surface area contributed by atoms with E-state index in [-0.39, 0.29) is 5.82 Å². The van der Waals surface area contributed by atoms with Crippen LogP contribution in [0.25, 0.3) is 11.0 Å². The minimum Gasteiger partial charge on any atom is -0.489 e. The number of nitrogens with one attached hydrogen (secondary N) is 1. The van der Waals surface area contributed by atoms with E-state index in [1.165, 1.54) is 0 Å². The van der Waals surface area contributed by atoms with Crippen LogP contribution in [-0.2, 0) is 13.3 Å². The number of nitrogens with two attached hydrogens (primary N) is 2. The van der Waals surface area contributed by atoms with Gasteiger partial charge in [0.1, 0.15) is 30.2 Å². The second kappa shape index (κ2) is 12.1. The monoisotopic (exact) mass is 490 g/mol. The minimum absolute atomic E-state index is 0.269. The molecule has 0 radical (unpaired) electrons. The van der Waals surface area contributed by atoms with Crippen molar-refractivity contribution >= 4 is 57.2 Å². The van der Waals surface area contributed by atoms with Crippen molar-refractivity contribution in [2.45, 2.75) is 3.79 Å². The lowest BCUT2D eigenvalue weighted by Crippen LogP contribution is -2.06. The Morgan fingerprint density at radius 2 is 1.45 bits per heavy atom. The van der Waals surface area contributed by atoms with E-state index in [4.69, 9.17) is 65.2 Å². The molecule has 3 aromatic rings. The number of imidazole rings is 1. The van der Waals surface area contributed by atoms with Crippen LogP contribution in [0.4, 0.5) is 11.4 Å². The number of aromatic nitrogens is 2. The molecule has 5 N–H and O–H groups in total. The Balaban J connectivity index is 0.000000233. The third kappa shape index (κ3) is 7.52. The van der Waals surface area contributed by atoms with E-state index < -0.39 is 3.79 Å². The summed E-state index contributed by atoms with van der Waals surface area (Å²) in [5.41, 5.74) is 13.7. The number of nitrogens with zero attached hydrogens (tertiary/aromatic N) is 1. The number of aromatic amines is 1. The maximum atomic E-state index is 5.79. The summed E-state index contributed by atoms with van der Waals surface area (Å²) in [6.45, 7) is 1.95. The smallest absolute Gasteiger partial charge is 0.248 e. The number of hydrogen-bond donors (Lipinski definition) is 3. The number of fused-ring (bicyclic) bond motifs is 1. The fourth-order valence-corrected chi connectivity index (χ4v) is 2.68. The quantitative estimate of drug-likeness (QED) is 0.244. The van der Waals surface area contributed by atoms with Crippen LogP contribution in [0.2, 0.25) is 0 Å². The molecule has 0 saturated carbocycles. The highest BCUT2D eigenvalue weighted by atomic mass is 35.6. The molecule has 170 valence electrons. The van der Waals surface area contributed by atoms with Gasteiger partial charge in [-0.25, -0.2) is 4.98 Å². The Labute approximate surface area is 195 Å². The van der Waals surface area contributed by atoms with Crippen LogP contribution in [0.1, 0.15) is 5.82 Å². The normalized spacial score (nSPS) is 11.1. The van der Waals surface area contributed by atoms with Gasteiger partial charge in [-0.3, -0.25) is 0 Å². The van der Waals surface area contributed by atoms with Gasteiger partial charge in [0.15, 0.2) is 5.82 Å². The predicted molar refractivity (Wildman–Crippen MR) is 125 cm³/mol. The first kappa shape index (κ1) is 25.2. The molecule has 11 heteroatoms. The molecule has 1 heterocycles. The Morgan fingerprint density at radius 3 is 2.06 bits per heavy atom. The number of ether oxygens (including phenoxy) is 4. The Bertz CT molecular complexity index is 963. The van der Waals surface area contributed by atoms with Crippen molar-refractivity contribution in [3.8, 4) is 11.5 Å². The number of rotatable bonds is 8. The van der Waals surface area contributed by atoms with E-state index in [1.807, 2.05) is 12.1 Å². The first-order valence-electron chi connectivity index (χ1n) is 9.21. The highest BCUT2D eigenvalue weighted by Gasteiger charge is 2.27. The largest absolute Gasteiger partial charge is 0.489 e. The molecular formula is C20H25Cl3N4O4. The summed E-state index contributed by atoms with van der Waals surface area (Å²) in [7, 11) is 3.23. The van der Waals surface area contributed by atoms with Gasteiger partial charge in [0.2, 0.25) is 3.79 Å². The third-order valence-electron chi connectivity index (χ3n) is 3.93. The average molecular weight is 492 g/mol. The minimum atomic E-state index is -1.58. The Kier molecular flexibility index (Phi) is 9.80. The molecule has 0 bridgehead atoms. The number of halogens is 3. The van der Waals surface area contributed by atoms with Gasteiger partial charge in [-0.05, 0) is 24.3 Å². The van der Waals surface area contributed by atoms with E-state index in [1.54, 1.807) is 38.5 Å². The molecule has 0 saturated heterocycles. The van der Waals surface area contributed by atoms with Crippen LogP contribution in [-0.4, -0.2) is 50.6 Å². The first-order chi connectivity index (χ1) is 14.8. The van der Waals surface area contributed by atoms with Crippen molar-refractivity contribution in [1.82, 2.24) is 9.97 Å². The molecule has 0 atom stereocenters. The summed E-state index contributed by atoms with van der Waals surface area (Å²) in [6.07, 6.45) is 0. The number of para-hydroxylation sites is 2. The summed E-state index contributed by atoms with van der Waals surface area (Å²) in [4.78, 5) is 7.19. The molecule has 0 aliphatic rings. The van der Waals surface area contributed by atoms with E-state index in [9.17, 15) is 0 Å². The van der Waals surface area contributed by atoms with Gasteiger partial charge in [-0.2, -0.15) is 0 Å². The van der Waals surface area contributed by atoms with Crippen molar-refractivity contribution in [2.24, 2.45) is 0 Å². The number of anilines is 2. The zero-order chi connectivity index (χ0) is 22.9. The molecule has 0 aliphatic heterocycles. The fourth-order valence-electron chi connectivity index (χ4n) is 2.41. The van der Waals surface area contributed by atoms with Crippen LogP contribution in [0.5, 0.6) is 11.5 Å². The summed E-state index contributed by atoms with van der Waals surface area (Å²) in [6, 6.07) is 10.8. The molecule has 0 amide bonds. The number of nitrogen functional groups attached to an aromatic ring is 2. The van der Waals surface area contributed by atoms with Gasteiger partial charge in [-0.1, -0.05) is 46.9 Å². The summed E-state index contributed by atoms with van der Waals surface area (Å²) < 4.78 is 19.1. The number of benzene rings is 2. The highest BCUT2D eigenvalue weighted by molar-refractivity contribution is 6.66. The van der Waals surface area contributed by atoms with Crippen LogP contribution >= 0.6 is 34.8 Å². The van der Waals surface area contributed by atoms with Gasteiger partial charge in [0.25, 0.3) is 0 Å². The van der Waals surface area contributed by atoms with E-state index in [2.05, 4.69) is 9.97 Å². The fraction of sp³-hybridized carbons (Fsp3) is 0.350. The van der Waals surface area contributed by atoms with Gasteiger partial charge in [0.05, 0.1) is 30.1 Å². The number of hydrogen-bond acceptors (Lipinski definition) is 7. The second-order valence-electron chi connectivity index (χ2n) is 6.18. The number of alkyl halides is 3. The van der Waals surface area contributed by atoms with Crippen LogP contribution in [0.15, 0.2) is 36.4 Å². The molecule has 0 spiro atoms. The maximum absolute atomic E-state index is 5.79. The number of H-pyrrole nitrogens is 1. The molecule has 3 rings (SSSR count). The molecule has 1 aromatic heterocycles. The van der Waals surface area contributed by atoms with Gasteiger partial charge in [0, 0.05) is 14.2 Å². The van der Waals surface area contributed by atoms with Crippen LogP contribution in [0.3, 0.4) is 0 Å². The van der Waals surface area contributed by atoms with Gasteiger partial charge in [-0.15, -0.1) is 0 Å². The van der Waals surface area contributed by atoms with Crippen molar-refractivity contribution in [3.05, 3.63) is 42.2 Å². The van der Waals surface area contributed by atoms with Gasteiger partial charge < -0.3 is 35.4 Å². The van der Waals surface area contributed by atoms with Crippen LogP contribution < -0.4 is 20.9 Å². The van der Waals surface area contributed by atoms with Crippen LogP contribution in [0, 0.1) is 0 Å².